The van der Waals surface area contributed by atoms with Crippen molar-refractivity contribution in [3.8, 4) is 5.75 Å². The largest absolute Gasteiger partial charge is 0.467 e. The van der Waals surface area contributed by atoms with Gasteiger partial charge in [-0.1, -0.05) is 11.6 Å². The number of carbonyl (C=O) groups excluding carboxylic acids is 1. The number of hydrogen-bond donors (Lipinski definition) is 0. The molecule has 1 aromatic carbocycles. The number of esters is 1. The molecule has 1 atom stereocenters. The van der Waals surface area contributed by atoms with Crippen molar-refractivity contribution >= 4 is 39.2 Å². The lowest BCUT2D eigenvalue weighted by Gasteiger charge is -2.21. The van der Waals surface area contributed by atoms with Crippen molar-refractivity contribution in [3.05, 3.63) is 28.3 Å². The van der Waals surface area contributed by atoms with Crippen LogP contribution >= 0.6 is 23.4 Å². The molecular weight excluding hydrogens is 376 g/mol. The highest BCUT2D eigenvalue weighted by Gasteiger charge is 2.28. The van der Waals surface area contributed by atoms with E-state index in [2.05, 4.69) is 0 Å². The normalized spacial score (nSPS) is 21.8. The fourth-order valence-corrected chi connectivity index (χ4v) is 6.34. The van der Waals surface area contributed by atoms with Gasteiger partial charge in [-0.3, -0.25) is 4.79 Å². The lowest BCUT2D eigenvalue weighted by atomic mass is 10.1. The van der Waals surface area contributed by atoms with Gasteiger partial charge in [0.1, 0.15) is 12.4 Å². The van der Waals surface area contributed by atoms with Crippen LogP contribution in [0.5, 0.6) is 5.75 Å². The first-order valence-electron chi connectivity index (χ1n) is 7.42. The molecule has 0 aliphatic carbocycles. The smallest absolute Gasteiger partial charge is 0.316 e. The van der Waals surface area contributed by atoms with Crippen LogP contribution in [0.2, 0.25) is 5.02 Å². The molecule has 1 aromatic rings. The van der Waals surface area contributed by atoms with Crippen molar-refractivity contribution < 1.29 is 27.4 Å². The molecule has 0 aromatic heterocycles. The molecule has 0 bridgehead atoms. The summed E-state index contributed by atoms with van der Waals surface area (Å²) in [5, 5.41) is 0.501. The number of carbonyl (C=O) groups is 1. The first-order valence-corrected chi connectivity index (χ1v) is 10.7. The number of halogens is 1. The predicted molar refractivity (Wildman–Crippen MR) is 91.0 cm³/mol. The maximum atomic E-state index is 11.9. The Hall–Kier alpha value is -0.960. The van der Waals surface area contributed by atoms with Crippen LogP contribution in [0.1, 0.15) is 17.5 Å². The van der Waals surface area contributed by atoms with E-state index in [1.165, 1.54) is 11.8 Å². The van der Waals surface area contributed by atoms with Crippen LogP contribution in [-0.2, 0) is 37.3 Å². The Morgan fingerprint density at radius 1 is 1.42 bits per heavy atom. The van der Waals surface area contributed by atoms with E-state index >= 15 is 0 Å². The minimum absolute atomic E-state index is 0.0260. The maximum absolute atomic E-state index is 11.9. The Morgan fingerprint density at radius 3 is 3.00 bits per heavy atom. The number of sulfone groups is 1. The summed E-state index contributed by atoms with van der Waals surface area (Å²) in [5.74, 6) is 0.736. The molecule has 0 spiro atoms. The number of fused-ring (bicyclic) bond motifs is 1. The van der Waals surface area contributed by atoms with Gasteiger partial charge < -0.3 is 14.2 Å². The van der Waals surface area contributed by atoms with Crippen LogP contribution in [0.4, 0.5) is 0 Å². The molecule has 0 saturated carbocycles. The molecule has 24 heavy (non-hydrogen) atoms. The van der Waals surface area contributed by atoms with Gasteiger partial charge in [0.2, 0.25) is 0 Å². The third kappa shape index (κ3) is 4.56. The fraction of sp³-hybridized carbons (Fsp3) is 0.533. The molecule has 1 fully saturated rings. The monoisotopic (exact) mass is 392 g/mol. The summed E-state index contributed by atoms with van der Waals surface area (Å²) in [4.78, 5) is 11.9. The Balaban J connectivity index is 1.52. The minimum atomic E-state index is -2.93. The summed E-state index contributed by atoms with van der Waals surface area (Å²) in [6.07, 6.45) is 0.593. The molecule has 1 saturated heterocycles. The van der Waals surface area contributed by atoms with Crippen LogP contribution in [0.15, 0.2) is 12.1 Å². The average molecular weight is 393 g/mol. The van der Waals surface area contributed by atoms with E-state index in [-0.39, 0.29) is 41.9 Å². The first kappa shape index (κ1) is 17.8. The molecular formula is C15H17ClO6S2. The highest BCUT2D eigenvalue weighted by molar-refractivity contribution is 8.02. The van der Waals surface area contributed by atoms with Crippen LogP contribution < -0.4 is 4.74 Å². The lowest BCUT2D eigenvalue weighted by Crippen LogP contribution is -2.15. The predicted octanol–water partition coefficient (Wildman–Crippen LogP) is 2.17. The Kier molecular flexibility index (Phi) is 5.59. The van der Waals surface area contributed by atoms with E-state index in [4.69, 9.17) is 25.8 Å². The second-order valence-corrected chi connectivity index (χ2v) is 9.61. The van der Waals surface area contributed by atoms with Crippen LogP contribution in [0.3, 0.4) is 0 Å². The number of rotatable bonds is 5. The number of benzene rings is 1. The van der Waals surface area contributed by atoms with Gasteiger partial charge in [-0.15, -0.1) is 11.8 Å². The van der Waals surface area contributed by atoms with Gasteiger partial charge in [-0.05, 0) is 18.6 Å². The third-order valence-corrected chi connectivity index (χ3v) is 7.24. The molecule has 3 rings (SSSR count). The summed E-state index contributed by atoms with van der Waals surface area (Å²) in [6.45, 7) is 0.621. The van der Waals surface area contributed by atoms with Crippen molar-refractivity contribution in [1.29, 1.82) is 0 Å². The molecule has 9 heteroatoms. The molecule has 2 aliphatic rings. The van der Waals surface area contributed by atoms with Crippen molar-refractivity contribution in [2.75, 3.05) is 24.1 Å². The van der Waals surface area contributed by atoms with E-state index in [0.29, 0.717) is 29.4 Å². The molecule has 0 radical (unpaired) electrons. The van der Waals surface area contributed by atoms with E-state index < -0.39 is 9.84 Å². The van der Waals surface area contributed by atoms with Crippen molar-refractivity contribution in [2.24, 2.45) is 0 Å². The summed E-state index contributed by atoms with van der Waals surface area (Å²) >= 11 is 7.39. The molecule has 0 amide bonds. The minimum Gasteiger partial charge on any atom is -0.467 e. The fourth-order valence-electron chi connectivity index (χ4n) is 2.64. The maximum Gasteiger partial charge on any atom is 0.316 e. The van der Waals surface area contributed by atoms with Crippen molar-refractivity contribution in [2.45, 2.75) is 24.9 Å². The number of hydrogen-bond acceptors (Lipinski definition) is 7. The topological polar surface area (TPSA) is 78.9 Å². The Morgan fingerprint density at radius 2 is 2.25 bits per heavy atom. The van der Waals surface area contributed by atoms with E-state index in [1.807, 2.05) is 0 Å². The third-order valence-electron chi connectivity index (χ3n) is 3.77. The first-order chi connectivity index (χ1) is 11.4. The average Bonchev–Trinajstić information content (AvgIpc) is 2.89. The highest BCUT2D eigenvalue weighted by atomic mass is 35.5. The SMILES string of the molecule is O=C(CS[C@@H]1CCS(=O)(=O)C1)OCc1cc(Cl)cc2c1OCOC2. The molecule has 2 aliphatic heterocycles. The van der Waals surface area contributed by atoms with Gasteiger partial charge in [-0.2, -0.15) is 0 Å². The van der Waals surface area contributed by atoms with Crippen LogP contribution in [-0.4, -0.2) is 43.7 Å². The highest BCUT2D eigenvalue weighted by Crippen LogP contribution is 2.32. The summed E-state index contributed by atoms with van der Waals surface area (Å²) in [5.41, 5.74) is 1.52. The summed E-state index contributed by atoms with van der Waals surface area (Å²) < 4.78 is 38.7. The Bertz CT molecular complexity index is 734. The van der Waals surface area contributed by atoms with Gasteiger partial charge in [0.05, 0.1) is 23.9 Å². The molecule has 6 nitrogen and oxygen atoms in total. The van der Waals surface area contributed by atoms with E-state index in [9.17, 15) is 13.2 Å². The molecule has 132 valence electrons. The van der Waals surface area contributed by atoms with Gasteiger partial charge in [0.25, 0.3) is 0 Å². The zero-order valence-electron chi connectivity index (χ0n) is 12.8. The van der Waals surface area contributed by atoms with Gasteiger partial charge in [0.15, 0.2) is 16.6 Å². The molecule has 0 N–H and O–H groups in total. The summed E-state index contributed by atoms with van der Waals surface area (Å²) in [6, 6.07) is 3.47. The second kappa shape index (κ2) is 7.51. The van der Waals surface area contributed by atoms with Crippen molar-refractivity contribution in [3.63, 3.8) is 0 Å². The van der Waals surface area contributed by atoms with Crippen molar-refractivity contribution in [1.82, 2.24) is 0 Å². The van der Waals surface area contributed by atoms with Gasteiger partial charge in [0, 0.05) is 21.4 Å². The standard InChI is InChI=1S/C15H17ClO6S2/c16-12-3-10-5-20-9-22-15(10)11(4-12)6-21-14(17)7-23-13-1-2-24(18,19)8-13/h3-4,13H,1-2,5-9H2/t13-/m1/s1. The summed E-state index contributed by atoms with van der Waals surface area (Å²) in [7, 11) is -2.93. The van der Waals surface area contributed by atoms with E-state index in [0.717, 1.165) is 5.56 Å². The van der Waals surface area contributed by atoms with E-state index in [1.54, 1.807) is 12.1 Å². The number of thioether (sulfide) groups is 1. The van der Waals surface area contributed by atoms with Crippen LogP contribution in [0, 0.1) is 0 Å². The quantitative estimate of drug-likeness (QED) is 0.710. The van der Waals surface area contributed by atoms with Crippen LogP contribution in [0.25, 0.3) is 0 Å². The second-order valence-electron chi connectivity index (χ2n) is 5.66. The number of ether oxygens (including phenoxy) is 3. The Labute approximate surface area is 149 Å². The zero-order valence-corrected chi connectivity index (χ0v) is 15.2. The molecule has 2 heterocycles. The lowest BCUT2D eigenvalue weighted by molar-refractivity contribution is -0.141. The van der Waals surface area contributed by atoms with Gasteiger partial charge >= 0.3 is 5.97 Å². The zero-order chi connectivity index (χ0) is 17.2. The molecule has 0 unspecified atom stereocenters. The van der Waals surface area contributed by atoms with Gasteiger partial charge in [-0.25, -0.2) is 8.42 Å².